The highest BCUT2D eigenvalue weighted by Gasteiger charge is 2.15. The number of ether oxygens (including phenoxy) is 1. The predicted molar refractivity (Wildman–Crippen MR) is 83.3 cm³/mol. The molecule has 2 nitrogen and oxygen atoms in total. The lowest BCUT2D eigenvalue weighted by atomic mass is 10.2. The fraction of sp³-hybridized carbons (Fsp3) is 0.231. The molecule has 1 heterocycles. The first-order valence-corrected chi connectivity index (χ1v) is 7.88. The Morgan fingerprint density at radius 3 is 2.61 bits per heavy atom. The summed E-state index contributed by atoms with van der Waals surface area (Å²) in [4.78, 5) is 1.13. The van der Waals surface area contributed by atoms with E-state index in [-0.39, 0.29) is 6.10 Å². The van der Waals surface area contributed by atoms with Gasteiger partial charge in [0.25, 0.3) is 0 Å². The fourth-order valence-electron chi connectivity index (χ4n) is 1.62. The van der Waals surface area contributed by atoms with Gasteiger partial charge in [0, 0.05) is 15.9 Å². The Kier molecular flexibility index (Phi) is 4.84. The second-order valence-corrected chi connectivity index (χ2v) is 7.30. The third-order valence-electron chi connectivity index (χ3n) is 2.53. The summed E-state index contributed by atoms with van der Waals surface area (Å²) in [7, 11) is 0. The maximum Gasteiger partial charge on any atom is 0.145 e. The predicted octanol–water partition coefficient (Wildman–Crippen LogP) is 4.66. The van der Waals surface area contributed by atoms with Crippen LogP contribution in [0.1, 0.15) is 16.5 Å². The molecule has 0 saturated carbocycles. The monoisotopic (exact) mass is 389 g/mol. The molecule has 0 aliphatic carbocycles. The topological polar surface area (TPSA) is 35.2 Å². The van der Waals surface area contributed by atoms with Crippen molar-refractivity contribution in [3.63, 3.8) is 0 Å². The quantitative estimate of drug-likeness (QED) is 0.823. The van der Waals surface area contributed by atoms with Crippen molar-refractivity contribution >= 4 is 43.2 Å². The number of thiophene rings is 1. The van der Waals surface area contributed by atoms with Gasteiger partial charge in [0.2, 0.25) is 0 Å². The molecule has 1 aromatic carbocycles. The van der Waals surface area contributed by atoms with Gasteiger partial charge in [-0.05, 0) is 58.7 Å². The molecule has 1 atom stereocenters. The molecule has 1 aromatic heterocycles. The van der Waals surface area contributed by atoms with Crippen molar-refractivity contribution in [2.75, 3.05) is 6.54 Å². The molecule has 96 valence electrons. The second kappa shape index (κ2) is 6.19. The van der Waals surface area contributed by atoms with Crippen molar-refractivity contribution in [3.8, 4) is 5.75 Å². The van der Waals surface area contributed by atoms with Crippen molar-refractivity contribution in [2.24, 2.45) is 5.73 Å². The Hall–Kier alpha value is -0.360. The van der Waals surface area contributed by atoms with Crippen LogP contribution >= 0.6 is 43.2 Å². The Balaban J connectivity index is 2.20. The summed E-state index contributed by atoms with van der Waals surface area (Å²) >= 11 is 8.55. The standard InChI is InChI=1S/C13H13Br2NOS/c1-8-6-9(14)2-3-10(8)17-11(7-16)12-4-5-13(15)18-12/h2-6,11H,7,16H2,1H3. The molecule has 0 aliphatic heterocycles. The number of aryl methyl sites for hydroxylation is 1. The van der Waals surface area contributed by atoms with E-state index < -0.39 is 0 Å². The minimum absolute atomic E-state index is 0.0961. The van der Waals surface area contributed by atoms with E-state index in [9.17, 15) is 0 Å². The molecule has 0 bridgehead atoms. The van der Waals surface area contributed by atoms with Gasteiger partial charge in [0.05, 0.1) is 3.79 Å². The second-order valence-electron chi connectivity index (χ2n) is 3.89. The van der Waals surface area contributed by atoms with E-state index in [2.05, 4.69) is 31.9 Å². The van der Waals surface area contributed by atoms with Gasteiger partial charge < -0.3 is 10.5 Å². The summed E-state index contributed by atoms with van der Waals surface area (Å²) in [6.07, 6.45) is -0.0961. The van der Waals surface area contributed by atoms with Crippen LogP contribution in [0.4, 0.5) is 0 Å². The fourth-order valence-corrected chi connectivity index (χ4v) is 3.56. The van der Waals surface area contributed by atoms with Crippen LogP contribution in [0.15, 0.2) is 38.6 Å². The molecular weight excluding hydrogens is 378 g/mol. The minimum Gasteiger partial charge on any atom is -0.483 e. The molecule has 0 radical (unpaired) electrons. The van der Waals surface area contributed by atoms with Crippen molar-refractivity contribution in [2.45, 2.75) is 13.0 Å². The van der Waals surface area contributed by atoms with Crippen molar-refractivity contribution < 1.29 is 4.74 Å². The Bertz CT molecular complexity index is 542. The van der Waals surface area contributed by atoms with Gasteiger partial charge in [0.1, 0.15) is 11.9 Å². The van der Waals surface area contributed by atoms with E-state index in [1.54, 1.807) is 11.3 Å². The minimum atomic E-state index is -0.0961. The number of halogens is 2. The normalized spacial score (nSPS) is 12.4. The third kappa shape index (κ3) is 3.35. The van der Waals surface area contributed by atoms with Crippen molar-refractivity contribution in [1.29, 1.82) is 0 Å². The van der Waals surface area contributed by atoms with Crippen LogP contribution in [0.5, 0.6) is 5.75 Å². The Morgan fingerprint density at radius 1 is 1.28 bits per heavy atom. The van der Waals surface area contributed by atoms with E-state index >= 15 is 0 Å². The van der Waals surface area contributed by atoms with Gasteiger partial charge in [0.15, 0.2) is 0 Å². The van der Waals surface area contributed by atoms with E-state index in [1.807, 2.05) is 37.3 Å². The number of benzene rings is 1. The van der Waals surface area contributed by atoms with Crippen LogP contribution in [-0.2, 0) is 0 Å². The highest BCUT2D eigenvalue weighted by atomic mass is 79.9. The van der Waals surface area contributed by atoms with Crippen molar-refractivity contribution in [3.05, 3.63) is 49.0 Å². The van der Waals surface area contributed by atoms with Gasteiger partial charge in [-0.15, -0.1) is 11.3 Å². The van der Waals surface area contributed by atoms with Gasteiger partial charge in [-0.25, -0.2) is 0 Å². The summed E-state index contributed by atoms with van der Waals surface area (Å²) in [5, 5.41) is 0. The van der Waals surface area contributed by atoms with Gasteiger partial charge in [-0.1, -0.05) is 15.9 Å². The van der Waals surface area contributed by atoms with Crippen LogP contribution in [-0.4, -0.2) is 6.54 Å². The zero-order chi connectivity index (χ0) is 13.1. The van der Waals surface area contributed by atoms with E-state index in [4.69, 9.17) is 10.5 Å². The Morgan fingerprint density at radius 2 is 2.06 bits per heavy atom. The molecule has 5 heteroatoms. The molecule has 2 aromatic rings. The molecule has 18 heavy (non-hydrogen) atoms. The molecular formula is C13H13Br2NOS. The van der Waals surface area contributed by atoms with Crippen LogP contribution < -0.4 is 10.5 Å². The molecule has 0 spiro atoms. The summed E-state index contributed by atoms with van der Waals surface area (Å²) < 4.78 is 8.13. The SMILES string of the molecule is Cc1cc(Br)ccc1OC(CN)c1ccc(Br)s1. The average molecular weight is 391 g/mol. The smallest absolute Gasteiger partial charge is 0.145 e. The first-order valence-electron chi connectivity index (χ1n) is 5.48. The highest BCUT2D eigenvalue weighted by Crippen LogP contribution is 2.32. The molecule has 0 fully saturated rings. The first-order chi connectivity index (χ1) is 8.60. The molecule has 2 rings (SSSR count). The van der Waals surface area contributed by atoms with Crippen LogP contribution in [0, 0.1) is 6.92 Å². The highest BCUT2D eigenvalue weighted by molar-refractivity contribution is 9.11. The first kappa shape index (κ1) is 14.1. The number of hydrogen-bond donors (Lipinski definition) is 1. The zero-order valence-electron chi connectivity index (χ0n) is 9.82. The van der Waals surface area contributed by atoms with E-state index in [0.717, 1.165) is 24.4 Å². The summed E-state index contributed by atoms with van der Waals surface area (Å²) in [5.74, 6) is 0.873. The maximum absolute atomic E-state index is 5.99. The number of nitrogens with two attached hydrogens (primary N) is 1. The zero-order valence-corrected chi connectivity index (χ0v) is 13.8. The number of rotatable bonds is 4. The molecule has 2 N–H and O–H groups in total. The molecule has 0 aliphatic rings. The molecule has 0 amide bonds. The van der Waals surface area contributed by atoms with Crippen LogP contribution in [0.2, 0.25) is 0 Å². The molecule has 0 saturated heterocycles. The van der Waals surface area contributed by atoms with Crippen molar-refractivity contribution in [1.82, 2.24) is 0 Å². The lowest BCUT2D eigenvalue weighted by Gasteiger charge is -2.17. The Labute approximate surface area is 127 Å². The summed E-state index contributed by atoms with van der Waals surface area (Å²) in [6.45, 7) is 2.49. The van der Waals surface area contributed by atoms with Gasteiger partial charge >= 0.3 is 0 Å². The average Bonchev–Trinajstić information content (AvgIpc) is 2.75. The molecule has 1 unspecified atom stereocenters. The van der Waals surface area contributed by atoms with Gasteiger partial charge in [-0.2, -0.15) is 0 Å². The number of hydrogen-bond acceptors (Lipinski definition) is 3. The van der Waals surface area contributed by atoms with Gasteiger partial charge in [-0.3, -0.25) is 0 Å². The third-order valence-corrected chi connectivity index (χ3v) is 4.74. The summed E-state index contributed by atoms with van der Waals surface area (Å²) in [5.41, 5.74) is 6.89. The van der Waals surface area contributed by atoms with E-state index in [0.29, 0.717) is 6.54 Å². The lowest BCUT2D eigenvalue weighted by molar-refractivity contribution is 0.216. The summed E-state index contributed by atoms with van der Waals surface area (Å²) in [6, 6.07) is 10.0. The maximum atomic E-state index is 5.99. The lowest BCUT2D eigenvalue weighted by Crippen LogP contribution is -2.17. The van der Waals surface area contributed by atoms with Crippen LogP contribution in [0.25, 0.3) is 0 Å². The van der Waals surface area contributed by atoms with E-state index in [1.165, 1.54) is 0 Å². The largest absolute Gasteiger partial charge is 0.483 e. The van der Waals surface area contributed by atoms with Crippen LogP contribution in [0.3, 0.4) is 0 Å².